The number of fused-ring (bicyclic) bond motifs is 2. The van der Waals surface area contributed by atoms with Crippen molar-refractivity contribution < 1.29 is 19.0 Å². The highest BCUT2D eigenvalue weighted by molar-refractivity contribution is 5.75. The van der Waals surface area contributed by atoms with Gasteiger partial charge in [-0.25, -0.2) is 4.79 Å². The van der Waals surface area contributed by atoms with Gasteiger partial charge in [0.05, 0.1) is 12.6 Å². The van der Waals surface area contributed by atoms with Gasteiger partial charge in [0.2, 0.25) is 0 Å². The summed E-state index contributed by atoms with van der Waals surface area (Å²) in [6.45, 7) is 5.77. The highest BCUT2D eigenvalue weighted by Gasteiger charge is 2.28. The summed E-state index contributed by atoms with van der Waals surface area (Å²) in [6.07, 6.45) is 1.94. The second-order valence-electron chi connectivity index (χ2n) is 11.3. The van der Waals surface area contributed by atoms with Gasteiger partial charge in [-0.3, -0.25) is 4.90 Å². The maximum absolute atomic E-state index is 12.1. The van der Waals surface area contributed by atoms with Crippen molar-refractivity contribution in [1.29, 1.82) is 0 Å². The average Bonchev–Trinajstić information content (AvgIpc) is 3.21. The zero-order chi connectivity index (χ0) is 30.2. The summed E-state index contributed by atoms with van der Waals surface area (Å²) in [4.78, 5) is 14.5. The number of esters is 1. The third kappa shape index (κ3) is 7.35. The molecule has 4 aromatic rings. The maximum Gasteiger partial charge on any atom is 0.335 e. The first-order chi connectivity index (χ1) is 21.0. The van der Waals surface area contributed by atoms with Crippen LogP contribution in [0.1, 0.15) is 64.8 Å². The number of aryl methyl sites for hydroxylation is 2. The van der Waals surface area contributed by atoms with Crippen LogP contribution in [0.2, 0.25) is 0 Å². The molecule has 0 saturated carbocycles. The Morgan fingerprint density at radius 3 is 2.28 bits per heavy atom. The van der Waals surface area contributed by atoms with Gasteiger partial charge in [-0.05, 0) is 77.9 Å². The molecule has 0 saturated heterocycles. The molecule has 0 aromatic heterocycles. The molecule has 1 aliphatic carbocycles. The molecule has 0 bridgehead atoms. The van der Waals surface area contributed by atoms with E-state index in [0.29, 0.717) is 25.6 Å². The molecule has 0 fully saturated rings. The number of rotatable bonds is 12. The molecule has 1 aliphatic rings. The predicted octanol–water partition coefficient (Wildman–Crippen LogP) is 7.16. The van der Waals surface area contributed by atoms with Gasteiger partial charge in [0.15, 0.2) is 6.10 Å². The van der Waals surface area contributed by atoms with Gasteiger partial charge in [-0.15, -0.1) is 0 Å². The van der Waals surface area contributed by atoms with E-state index in [-0.39, 0.29) is 12.0 Å². The van der Waals surface area contributed by atoms with Crippen LogP contribution >= 0.6 is 0 Å². The first kappa shape index (κ1) is 30.5. The number of carbonyl (C=O) groups excluding carboxylic acids is 1. The van der Waals surface area contributed by atoms with Crippen LogP contribution in [-0.4, -0.2) is 50.9 Å². The Hall–Kier alpha value is -3.93. The Bertz CT molecular complexity index is 1480. The number of methoxy groups -OCH3 is 1. The van der Waals surface area contributed by atoms with Crippen molar-refractivity contribution in [2.45, 2.75) is 51.2 Å². The van der Waals surface area contributed by atoms with Gasteiger partial charge in [-0.1, -0.05) is 91.9 Å². The van der Waals surface area contributed by atoms with E-state index in [1.807, 2.05) is 24.3 Å². The number of hydrogen-bond acceptors (Lipinski definition) is 5. The number of carbonyl (C=O) groups is 1. The molecular weight excluding hydrogens is 534 g/mol. The largest absolute Gasteiger partial charge is 0.492 e. The molecule has 3 unspecified atom stereocenters. The molecule has 4 aromatic carbocycles. The minimum Gasteiger partial charge on any atom is -0.492 e. The fourth-order valence-electron chi connectivity index (χ4n) is 6.11. The van der Waals surface area contributed by atoms with Crippen molar-refractivity contribution in [3.8, 4) is 5.75 Å². The molecule has 43 heavy (non-hydrogen) atoms. The SMILES string of the molecule is CCOC(=O)C(Cc1ccc(OCCN(C)C2c3ccccc3CCc3ccc(C(C)c4ccccc4)cc32)cc1)OC. The second-order valence-corrected chi connectivity index (χ2v) is 11.3. The lowest BCUT2D eigenvalue weighted by Gasteiger charge is -2.31. The Labute approximate surface area is 256 Å². The van der Waals surface area contributed by atoms with E-state index in [2.05, 4.69) is 91.7 Å². The number of hydrogen-bond donors (Lipinski definition) is 0. The van der Waals surface area contributed by atoms with Crippen LogP contribution in [0.4, 0.5) is 0 Å². The van der Waals surface area contributed by atoms with Crippen molar-refractivity contribution in [2.24, 2.45) is 0 Å². The van der Waals surface area contributed by atoms with Gasteiger partial charge in [0.25, 0.3) is 0 Å². The monoisotopic (exact) mass is 577 g/mol. The Kier molecular flexibility index (Phi) is 10.3. The molecule has 5 heteroatoms. The molecule has 0 heterocycles. The van der Waals surface area contributed by atoms with E-state index in [1.165, 1.54) is 40.5 Å². The third-order valence-corrected chi connectivity index (χ3v) is 8.61. The second kappa shape index (κ2) is 14.5. The summed E-state index contributed by atoms with van der Waals surface area (Å²) in [7, 11) is 3.74. The third-order valence-electron chi connectivity index (χ3n) is 8.61. The van der Waals surface area contributed by atoms with Gasteiger partial charge in [0.1, 0.15) is 12.4 Å². The lowest BCUT2D eigenvalue weighted by Crippen LogP contribution is -2.30. The highest BCUT2D eigenvalue weighted by atomic mass is 16.6. The fraction of sp³-hybridized carbons (Fsp3) is 0.342. The van der Waals surface area contributed by atoms with Crippen LogP contribution in [-0.2, 0) is 33.5 Å². The number of nitrogens with zero attached hydrogens (tertiary/aromatic N) is 1. The van der Waals surface area contributed by atoms with Crippen LogP contribution in [0.15, 0.2) is 97.1 Å². The highest BCUT2D eigenvalue weighted by Crippen LogP contribution is 2.38. The van der Waals surface area contributed by atoms with E-state index < -0.39 is 6.10 Å². The fourth-order valence-corrected chi connectivity index (χ4v) is 6.11. The molecule has 0 radical (unpaired) electrons. The van der Waals surface area contributed by atoms with Gasteiger partial charge in [-0.2, -0.15) is 0 Å². The van der Waals surface area contributed by atoms with E-state index in [4.69, 9.17) is 14.2 Å². The lowest BCUT2D eigenvalue weighted by atomic mass is 9.87. The molecule has 5 nitrogen and oxygen atoms in total. The van der Waals surface area contributed by atoms with E-state index in [9.17, 15) is 4.79 Å². The first-order valence-electron chi connectivity index (χ1n) is 15.3. The number of ether oxygens (including phenoxy) is 3. The topological polar surface area (TPSA) is 48.0 Å². The number of benzene rings is 4. The minimum atomic E-state index is -0.609. The summed E-state index contributed by atoms with van der Waals surface area (Å²) in [5.74, 6) is 0.790. The van der Waals surface area contributed by atoms with E-state index in [0.717, 1.165) is 30.7 Å². The van der Waals surface area contributed by atoms with Gasteiger partial charge >= 0.3 is 5.97 Å². The molecule has 0 spiro atoms. The number of likely N-dealkylation sites (N-methyl/N-ethyl adjacent to an activating group) is 1. The smallest absolute Gasteiger partial charge is 0.335 e. The average molecular weight is 578 g/mol. The lowest BCUT2D eigenvalue weighted by molar-refractivity contribution is -0.154. The molecule has 0 aliphatic heterocycles. The molecule has 224 valence electrons. The minimum absolute atomic E-state index is 0.149. The standard InChI is InChI=1S/C38H43NO4/c1-5-42-38(40)36(41-4)25-28-15-21-33(22-16-28)43-24-23-39(3)37-34-14-10-9-13-30(34)17-18-31-19-20-32(26-35(31)37)27(2)29-11-7-6-8-12-29/h6-16,19-22,26-27,36-37H,5,17-18,23-25H2,1-4H3. The van der Waals surface area contributed by atoms with Crippen molar-refractivity contribution in [3.05, 3.63) is 136 Å². The predicted molar refractivity (Wildman–Crippen MR) is 172 cm³/mol. The van der Waals surface area contributed by atoms with E-state index in [1.54, 1.807) is 6.92 Å². The van der Waals surface area contributed by atoms with Gasteiger partial charge in [0, 0.05) is 26.0 Å². The zero-order valence-corrected chi connectivity index (χ0v) is 25.8. The van der Waals surface area contributed by atoms with Crippen LogP contribution < -0.4 is 4.74 Å². The quantitative estimate of drug-likeness (QED) is 0.167. The van der Waals surface area contributed by atoms with Crippen LogP contribution in [0.3, 0.4) is 0 Å². The Morgan fingerprint density at radius 2 is 1.56 bits per heavy atom. The Morgan fingerprint density at radius 1 is 0.860 bits per heavy atom. The molecular formula is C38H43NO4. The van der Waals surface area contributed by atoms with Gasteiger partial charge < -0.3 is 14.2 Å². The van der Waals surface area contributed by atoms with Crippen molar-refractivity contribution in [2.75, 3.05) is 33.9 Å². The van der Waals surface area contributed by atoms with Crippen molar-refractivity contribution in [3.63, 3.8) is 0 Å². The van der Waals surface area contributed by atoms with Crippen molar-refractivity contribution in [1.82, 2.24) is 4.90 Å². The summed E-state index contributed by atoms with van der Waals surface area (Å²) in [5, 5.41) is 0. The molecule has 0 N–H and O–H groups in total. The Balaban J connectivity index is 1.30. The van der Waals surface area contributed by atoms with Crippen molar-refractivity contribution >= 4 is 5.97 Å². The zero-order valence-electron chi connectivity index (χ0n) is 25.8. The van der Waals surface area contributed by atoms with Crippen LogP contribution in [0, 0.1) is 0 Å². The van der Waals surface area contributed by atoms with Crippen LogP contribution in [0.25, 0.3) is 0 Å². The summed E-state index contributed by atoms with van der Waals surface area (Å²) >= 11 is 0. The summed E-state index contributed by atoms with van der Waals surface area (Å²) < 4.78 is 16.7. The summed E-state index contributed by atoms with van der Waals surface area (Å²) in [5.41, 5.74) is 9.29. The van der Waals surface area contributed by atoms with E-state index >= 15 is 0 Å². The molecule has 5 rings (SSSR count). The first-order valence-corrected chi connectivity index (χ1v) is 15.3. The molecule has 3 atom stereocenters. The normalized spacial score (nSPS) is 15.6. The maximum atomic E-state index is 12.1. The molecule has 0 amide bonds. The summed E-state index contributed by atoms with van der Waals surface area (Å²) in [6, 6.07) is 34.8. The van der Waals surface area contributed by atoms with Crippen LogP contribution in [0.5, 0.6) is 5.75 Å².